The molecule has 0 bridgehead atoms. The lowest BCUT2D eigenvalue weighted by atomic mass is 10.2. The molecule has 208 valence electrons. The molecule has 0 radical (unpaired) electrons. The van der Waals surface area contributed by atoms with E-state index in [0.717, 1.165) is 19.3 Å². The van der Waals surface area contributed by atoms with Crippen molar-refractivity contribution < 1.29 is 0 Å². The van der Waals surface area contributed by atoms with Gasteiger partial charge in [0.05, 0.1) is 0 Å². The Labute approximate surface area is 265 Å². The van der Waals surface area contributed by atoms with Crippen LogP contribution in [0.4, 0.5) is 0 Å². The fourth-order valence-corrected chi connectivity index (χ4v) is 14.9. The van der Waals surface area contributed by atoms with Gasteiger partial charge in [0.15, 0.2) is 0 Å². The monoisotopic (exact) mass is 702 g/mol. The summed E-state index contributed by atoms with van der Waals surface area (Å²) in [5.41, 5.74) is 0. The van der Waals surface area contributed by atoms with Gasteiger partial charge in [0.25, 0.3) is 0 Å². The average Bonchev–Trinajstić information content (AvgIpc) is 3.06. The number of halogens is 1. The maximum absolute atomic E-state index is 2.75. The minimum atomic E-state index is -1.32. The largest absolute Gasteiger partial charge is 0.184 e. The maximum Gasteiger partial charge on any atom is 0.0182 e. The van der Waals surface area contributed by atoms with E-state index < -0.39 is 17.2 Å². The van der Waals surface area contributed by atoms with Crippen molar-refractivity contribution in [2.24, 2.45) is 0 Å². The van der Waals surface area contributed by atoms with E-state index in [1.807, 2.05) is 11.8 Å². The van der Waals surface area contributed by atoms with Crippen LogP contribution in [0.2, 0.25) is 0 Å². The highest BCUT2D eigenvalue weighted by atomic mass is 127. The van der Waals surface area contributed by atoms with Crippen LogP contribution in [0, 0.1) is 0 Å². The molecule has 0 saturated carbocycles. The molecule has 4 heteroatoms. The lowest BCUT2D eigenvalue weighted by molar-refractivity contribution is 1.02. The molecule has 0 spiro atoms. The molecule has 0 aliphatic heterocycles. The molecule has 0 nitrogen and oxygen atoms in total. The Bertz CT molecular complexity index is 1550. The van der Waals surface area contributed by atoms with E-state index in [1.54, 1.807) is 0 Å². The van der Waals surface area contributed by atoms with Gasteiger partial charge in [-0.25, -0.2) is 0 Å². The highest BCUT2D eigenvalue weighted by molar-refractivity contribution is 14.2. The van der Waals surface area contributed by atoms with Crippen LogP contribution in [-0.2, 0) is 0 Å². The summed E-state index contributed by atoms with van der Waals surface area (Å²) in [4.78, 5) is 9.81. The number of allylic oxidation sites excluding steroid dienone is 5. The predicted octanol–water partition coefficient (Wildman–Crippen LogP) is 12.4. The first-order valence-corrected chi connectivity index (χ1v) is 21.2. The summed E-state index contributed by atoms with van der Waals surface area (Å²) in [6.07, 6.45) is 20.2. The van der Waals surface area contributed by atoms with E-state index in [9.17, 15) is 0 Å². The molecule has 0 N–H and O–H groups in total. The summed E-state index contributed by atoms with van der Waals surface area (Å²) in [7, 11) is -2.52. The maximum atomic E-state index is 2.75. The smallest absolute Gasteiger partial charge is 0.0182 e. The fraction of sp³-hybridized carbons (Fsp3) is 0.135. The van der Waals surface area contributed by atoms with Crippen LogP contribution in [0.3, 0.4) is 0 Å². The first kappa shape index (κ1) is 28.7. The molecule has 0 heterocycles. The van der Waals surface area contributed by atoms with Crippen molar-refractivity contribution in [1.82, 2.24) is 0 Å². The fourth-order valence-electron chi connectivity index (χ4n) is 5.54. The van der Waals surface area contributed by atoms with Gasteiger partial charge >= 0.3 is 0 Å². The molecule has 0 fully saturated rings. The minimum absolute atomic E-state index is 0.477. The Morgan fingerprint density at radius 3 is 1.71 bits per heavy atom. The molecule has 2 unspecified atom stereocenters. The van der Waals surface area contributed by atoms with Gasteiger partial charge in [-0.15, -0.1) is 7.20 Å². The minimum Gasteiger partial charge on any atom is -0.184 e. The van der Waals surface area contributed by atoms with Crippen LogP contribution in [0.5, 0.6) is 0 Å². The lowest BCUT2D eigenvalue weighted by Gasteiger charge is -2.43. The van der Waals surface area contributed by atoms with Gasteiger partial charge in [-0.05, 0) is 117 Å². The number of thioether (sulfide) groups is 1. The van der Waals surface area contributed by atoms with E-state index in [4.69, 9.17) is 0 Å². The Morgan fingerprint density at radius 2 is 1.20 bits per heavy atom. The third kappa shape index (κ3) is 5.94. The summed E-state index contributed by atoms with van der Waals surface area (Å²) in [5, 5.41) is 0.477. The molecule has 0 saturated heterocycles. The van der Waals surface area contributed by atoms with Gasteiger partial charge in [-0.1, -0.05) is 103 Å². The zero-order chi connectivity index (χ0) is 28.1. The van der Waals surface area contributed by atoms with E-state index >= 15 is 0 Å². The van der Waals surface area contributed by atoms with Gasteiger partial charge in [-0.2, -0.15) is 10.0 Å². The molecule has 41 heavy (non-hydrogen) atoms. The SMILES string of the molecule is CS(c1ccccc1)(c1ccccc1)C1C=CC(Sc2ccc(S(I)(C3=CCCC=C3)c3ccccc3)cc2)=CC1. The predicted molar refractivity (Wildman–Crippen MR) is 192 cm³/mol. The lowest BCUT2D eigenvalue weighted by Crippen LogP contribution is -2.17. The Hall–Kier alpha value is -2.38. The van der Waals surface area contributed by atoms with Crippen LogP contribution in [0.1, 0.15) is 19.3 Å². The van der Waals surface area contributed by atoms with Crippen molar-refractivity contribution in [2.45, 2.75) is 49.0 Å². The third-order valence-corrected chi connectivity index (χ3v) is 20.3. The third-order valence-electron chi connectivity index (χ3n) is 7.84. The summed E-state index contributed by atoms with van der Waals surface area (Å²) in [6.45, 7) is 0. The normalized spacial score (nSPS) is 19.5. The molecule has 0 amide bonds. The topological polar surface area (TPSA) is 0 Å². The Morgan fingerprint density at radius 1 is 0.634 bits per heavy atom. The van der Waals surface area contributed by atoms with Gasteiger partial charge < -0.3 is 0 Å². The summed E-state index contributed by atoms with van der Waals surface area (Å²) in [5.74, 6) is 0. The van der Waals surface area contributed by atoms with Gasteiger partial charge in [0, 0.05) is 29.7 Å². The van der Waals surface area contributed by atoms with E-state index in [0.29, 0.717) is 5.25 Å². The van der Waals surface area contributed by atoms with Crippen LogP contribution in [0.15, 0.2) is 186 Å². The second-order valence-corrected chi connectivity index (χ2v) is 21.5. The Balaban J connectivity index is 1.22. The van der Waals surface area contributed by atoms with Gasteiger partial charge in [0.1, 0.15) is 0 Å². The zero-order valence-corrected chi connectivity index (χ0v) is 27.8. The summed E-state index contributed by atoms with van der Waals surface area (Å²) < 4.78 is 0. The second-order valence-electron chi connectivity index (χ2n) is 10.4. The Kier molecular flexibility index (Phi) is 9.01. The molecular weight excluding hydrogens is 668 g/mol. The summed E-state index contributed by atoms with van der Waals surface area (Å²) in [6, 6.07) is 42.6. The summed E-state index contributed by atoms with van der Waals surface area (Å²) >= 11 is 4.63. The average molecular weight is 703 g/mol. The van der Waals surface area contributed by atoms with Crippen molar-refractivity contribution in [3.8, 4) is 0 Å². The van der Waals surface area contributed by atoms with E-state index in [2.05, 4.69) is 179 Å². The molecule has 4 aromatic carbocycles. The first-order valence-electron chi connectivity index (χ1n) is 14.1. The molecule has 6 rings (SSSR count). The number of benzene rings is 4. The molecular formula is C37H35IS3. The van der Waals surface area contributed by atoms with Gasteiger partial charge in [0.2, 0.25) is 0 Å². The van der Waals surface area contributed by atoms with Crippen molar-refractivity contribution in [3.63, 3.8) is 0 Å². The molecule has 2 aliphatic rings. The first-order chi connectivity index (χ1) is 20.1. The van der Waals surface area contributed by atoms with Crippen molar-refractivity contribution in [3.05, 3.63) is 162 Å². The van der Waals surface area contributed by atoms with Crippen molar-refractivity contribution in [1.29, 1.82) is 0 Å². The van der Waals surface area contributed by atoms with E-state index in [1.165, 1.54) is 34.3 Å². The molecule has 0 aromatic heterocycles. The molecule has 4 aromatic rings. The molecule has 2 atom stereocenters. The van der Waals surface area contributed by atoms with Crippen molar-refractivity contribution >= 4 is 50.2 Å². The van der Waals surface area contributed by atoms with Crippen LogP contribution >= 0.6 is 50.2 Å². The number of hydrogen-bond acceptors (Lipinski definition) is 1. The van der Waals surface area contributed by atoms with Crippen LogP contribution in [-0.4, -0.2) is 11.5 Å². The second kappa shape index (κ2) is 12.9. The molecule has 2 aliphatic carbocycles. The van der Waals surface area contributed by atoms with Gasteiger partial charge in [-0.3, -0.25) is 0 Å². The number of hydrogen-bond donors (Lipinski definition) is 0. The van der Waals surface area contributed by atoms with Crippen molar-refractivity contribution in [2.75, 3.05) is 6.26 Å². The standard InChI is InChI=1S/C37H35IS3/c1-40(32-14-6-2-7-15-32,33-16-8-3-9-17-33)34-26-22-30(23-27-34)39-31-24-28-37(29-25-31)41(38,35-18-10-4-11-19-35)36-20-12-5-13-21-36/h2-4,6-12,14-26,28-29,34H,5,13,27H2,1H3. The number of rotatable bonds is 8. The quantitative estimate of drug-likeness (QED) is 0.165. The zero-order valence-electron chi connectivity index (χ0n) is 23.2. The highest BCUT2D eigenvalue weighted by Crippen LogP contribution is 2.75. The van der Waals surface area contributed by atoms with E-state index in [-0.39, 0.29) is 0 Å². The van der Waals surface area contributed by atoms with Crippen LogP contribution < -0.4 is 0 Å². The van der Waals surface area contributed by atoms with Crippen LogP contribution in [0.25, 0.3) is 0 Å². The highest BCUT2D eigenvalue weighted by Gasteiger charge is 2.32.